The third-order valence-electron chi connectivity index (χ3n) is 3.37. The molecule has 0 fully saturated rings. The molecule has 0 aliphatic heterocycles. The average molecular weight is 356 g/mol. The molecule has 2 rings (SSSR count). The van der Waals surface area contributed by atoms with Gasteiger partial charge in [-0.25, -0.2) is 14.6 Å². The summed E-state index contributed by atoms with van der Waals surface area (Å²) in [6.45, 7) is 0. The molecule has 2 aromatic heterocycles. The van der Waals surface area contributed by atoms with Crippen LogP contribution in [0.15, 0.2) is 12.1 Å². The van der Waals surface area contributed by atoms with Gasteiger partial charge in [-0.05, 0) is 12.1 Å². The number of aromatic nitrogens is 2. The van der Waals surface area contributed by atoms with Gasteiger partial charge in [-0.2, -0.15) is 0 Å². The molecule has 24 heavy (non-hydrogen) atoms. The van der Waals surface area contributed by atoms with Gasteiger partial charge < -0.3 is 23.5 Å². The fourth-order valence-electron chi connectivity index (χ4n) is 2.13. The fraction of sp³-hybridized carbons (Fsp3) is 0.357. The van der Waals surface area contributed by atoms with Gasteiger partial charge in [0.05, 0.1) is 25.9 Å². The maximum atomic E-state index is 12.2. The first kappa shape index (κ1) is 18.1. The Morgan fingerprint density at radius 1 is 1.08 bits per heavy atom. The number of carbonyl (C=O) groups excluding carboxylic acids is 2. The lowest BCUT2D eigenvalue weighted by Crippen LogP contribution is -2.14. The van der Waals surface area contributed by atoms with Crippen LogP contribution in [0.2, 0.25) is 0 Å². The molecule has 130 valence electrons. The highest BCUT2D eigenvalue weighted by atomic mass is 31.2. The Bertz CT molecular complexity index is 769. The van der Waals surface area contributed by atoms with E-state index in [0.29, 0.717) is 16.7 Å². The van der Waals surface area contributed by atoms with Gasteiger partial charge >= 0.3 is 19.5 Å². The zero-order valence-electron chi connectivity index (χ0n) is 13.6. The van der Waals surface area contributed by atoms with Crippen molar-refractivity contribution < 1.29 is 32.7 Å². The summed E-state index contributed by atoms with van der Waals surface area (Å²) in [5.74, 6) is -1.49. The zero-order valence-corrected chi connectivity index (χ0v) is 14.5. The number of rotatable bonds is 6. The second kappa shape index (κ2) is 7.12. The standard InChI is InChI=1S/C14H17N2O7P/c1-20-13(17)10-6-8-5-9(7-24(19,22-3)23-4)15-12(8)16-11(10)14(18)21-2/h5-6H,7H2,1-4H3,(H,15,16). The van der Waals surface area contributed by atoms with Gasteiger partial charge in [0, 0.05) is 25.3 Å². The van der Waals surface area contributed by atoms with Crippen LogP contribution in [0.5, 0.6) is 0 Å². The molecule has 0 saturated heterocycles. The summed E-state index contributed by atoms with van der Waals surface area (Å²) < 4.78 is 31.3. The summed E-state index contributed by atoms with van der Waals surface area (Å²) in [5, 5.41) is 0.539. The molecule has 0 bridgehead atoms. The molecule has 2 aromatic rings. The Morgan fingerprint density at radius 3 is 2.25 bits per heavy atom. The average Bonchev–Trinajstić information content (AvgIpc) is 2.99. The molecule has 0 amide bonds. The number of hydrogen-bond donors (Lipinski definition) is 1. The van der Waals surface area contributed by atoms with Crippen molar-refractivity contribution in [1.82, 2.24) is 9.97 Å². The van der Waals surface area contributed by atoms with E-state index in [1.54, 1.807) is 6.07 Å². The molecule has 0 aliphatic carbocycles. The molecule has 0 radical (unpaired) electrons. The quantitative estimate of drug-likeness (QED) is 0.618. The lowest BCUT2D eigenvalue weighted by molar-refractivity contribution is 0.0550. The summed E-state index contributed by atoms with van der Waals surface area (Å²) in [7, 11) is 1.68. The number of H-pyrrole nitrogens is 1. The number of nitrogens with one attached hydrogen (secondary N) is 1. The molecule has 0 aromatic carbocycles. The van der Waals surface area contributed by atoms with E-state index in [1.165, 1.54) is 34.5 Å². The minimum Gasteiger partial charge on any atom is -0.465 e. The summed E-state index contributed by atoms with van der Waals surface area (Å²) in [6, 6.07) is 3.09. The van der Waals surface area contributed by atoms with E-state index in [9.17, 15) is 14.2 Å². The molecule has 2 heterocycles. The summed E-state index contributed by atoms with van der Waals surface area (Å²) in [6.07, 6.45) is -0.0164. The van der Waals surface area contributed by atoms with Crippen molar-refractivity contribution in [2.75, 3.05) is 28.4 Å². The van der Waals surface area contributed by atoms with Crippen LogP contribution in [0.25, 0.3) is 11.0 Å². The van der Waals surface area contributed by atoms with Crippen LogP contribution in [0.3, 0.4) is 0 Å². The van der Waals surface area contributed by atoms with Crippen LogP contribution in [-0.4, -0.2) is 50.3 Å². The summed E-state index contributed by atoms with van der Waals surface area (Å²) in [5.41, 5.74) is 0.648. The second-order valence-electron chi connectivity index (χ2n) is 4.73. The topological polar surface area (TPSA) is 117 Å². The molecule has 0 unspecified atom stereocenters. The number of methoxy groups -OCH3 is 2. The van der Waals surface area contributed by atoms with Crippen LogP contribution in [0.1, 0.15) is 26.5 Å². The van der Waals surface area contributed by atoms with E-state index in [0.717, 1.165) is 0 Å². The first-order valence-corrected chi connectivity index (χ1v) is 8.50. The minimum atomic E-state index is -3.27. The fourth-order valence-corrected chi connectivity index (χ4v) is 3.12. The van der Waals surface area contributed by atoms with Crippen molar-refractivity contribution in [3.8, 4) is 0 Å². The highest BCUT2D eigenvalue weighted by Crippen LogP contribution is 2.49. The number of pyridine rings is 1. The van der Waals surface area contributed by atoms with E-state index in [4.69, 9.17) is 9.05 Å². The Labute approximate surface area is 137 Å². The zero-order chi connectivity index (χ0) is 17.9. The van der Waals surface area contributed by atoms with E-state index in [1.807, 2.05) is 0 Å². The molecular formula is C14H17N2O7P. The maximum Gasteiger partial charge on any atom is 0.357 e. The van der Waals surface area contributed by atoms with Gasteiger partial charge in [-0.15, -0.1) is 0 Å². The largest absolute Gasteiger partial charge is 0.465 e. The first-order valence-electron chi connectivity index (χ1n) is 6.77. The smallest absolute Gasteiger partial charge is 0.357 e. The minimum absolute atomic E-state index is 0.0164. The highest BCUT2D eigenvalue weighted by molar-refractivity contribution is 7.52. The van der Waals surface area contributed by atoms with Crippen LogP contribution < -0.4 is 0 Å². The van der Waals surface area contributed by atoms with Crippen molar-refractivity contribution >= 4 is 30.6 Å². The van der Waals surface area contributed by atoms with Crippen LogP contribution in [0.4, 0.5) is 0 Å². The number of hydrogen-bond acceptors (Lipinski definition) is 8. The van der Waals surface area contributed by atoms with E-state index >= 15 is 0 Å². The van der Waals surface area contributed by atoms with Gasteiger partial charge in [-0.3, -0.25) is 4.57 Å². The molecule has 0 spiro atoms. The second-order valence-corrected chi connectivity index (χ2v) is 7.00. The molecular weight excluding hydrogens is 339 g/mol. The molecule has 0 atom stereocenters. The Balaban J connectivity index is 2.54. The highest BCUT2D eigenvalue weighted by Gasteiger charge is 2.25. The molecule has 0 aliphatic rings. The van der Waals surface area contributed by atoms with Crippen molar-refractivity contribution in [2.24, 2.45) is 0 Å². The third kappa shape index (κ3) is 3.48. The van der Waals surface area contributed by atoms with Crippen molar-refractivity contribution in [1.29, 1.82) is 0 Å². The van der Waals surface area contributed by atoms with Gasteiger partial charge in [-0.1, -0.05) is 0 Å². The summed E-state index contributed by atoms with van der Waals surface area (Å²) >= 11 is 0. The Kier molecular flexibility index (Phi) is 5.38. The number of aromatic amines is 1. The molecule has 0 saturated carbocycles. The summed E-state index contributed by atoms with van der Waals surface area (Å²) in [4.78, 5) is 30.7. The number of nitrogens with zero attached hydrogens (tertiary/aromatic N) is 1. The first-order chi connectivity index (χ1) is 11.4. The van der Waals surface area contributed by atoms with Crippen LogP contribution in [-0.2, 0) is 29.2 Å². The lowest BCUT2D eigenvalue weighted by Gasteiger charge is -2.11. The number of esters is 2. The predicted molar refractivity (Wildman–Crippen MR) is 84.1 cm³/mol. The molecule has 9 nitrogen and oxygen atoms in total. The third-order valence-corrected chi connectivity index (χ3v) is 5.21. The monoisotopic (exact) mass is 356 g/mol. The van der Waals surface area contributed by atoms with Crippen LogP contribution in [0, 0.1) is 0 Å². The van der Waals surface area contributed by atoms with Gasteiger partial charge in [0.25, 0.3) is 0 Å². The predicted octanol–water partition coefficient (Wildman–Crippen LogP) is 2.12. The van der Waals surface area contributed by atoms with E-state index in [2.05, 4.69) is 19.4 Å². The SMILES string of the molecule is COC(=O)c1cc2cc(CP(=O)(OC)OC)[nH]c2nc1C(=O)OC. The Morgan fingerprint density at radius 2 is 1.71 bits per heavy atom. The Hall–Kier alpha value is -2.22. The molecule has 10 heteroatoms. The van der Waals surface area contributed by atoms with E-state index in [-0.39, 0.29) is 17.4 Å². The maximum absolute atomic E-state index is 12.2. The van der Waals surface area contributed by atoms with Crippen LogP contribution >= 0.6 is 7.60 Å². The lowest BCUT2D eigenvalue weighted by atomic mass is 10.1. The molecule has 1 N–H and O–H groups in total. The van der Waals surface area contributed by atoms with E-state index < -0.39 is 19.5 Å². The number of carbonyl (C=O) groups is 2. The van der Waals surface area contributed by atoms with Crippen molar-refractivity contribution in [3.05, 3.63) is 29.1 Å². The number of fused-ring (bicyclic) bond motifs is 1. The normalized spacial score (nSPS) is 11.5. The van der Waals surface area contributed by atoms with Gasteiger partial charge in [0.2, 0.25) is 0 Å². The van der Waals surface area contributed by atoms with Gasteiger partial charge in [0.15, 0.2) is 5.69 Å². The van der Waals surface area contributed by atoms with Crippen molar-refractivity contribution in [3.63, 3.8) is 0 Å². The van der Waals surface area contributed by atoms with Crippen molar-refractivity contribution in [2.45, 2.75) is 6.16 Å². The number of ether oxygens (including phenoxy) is 2. The van der Waals surface area contributed by atoms with Gasteiger partial charge in [0.1, 0.15) is 5.65 Å².